The van der Waals surface area contributed by atoms with Crippen LogP contribution < -0.4 is 0 Å². The zero-order valence-electron chi connectivity index (χ0n) is 12.4. The molecule has 1 aromatic carbocycles. The van der Waals surface area contributed by atoms with E-state index in [9.17, 15) is 9.18 Å². The van der Waals surface area contributed by atoms with Gasteiger partial charge in [-0.2, -0.15) is 5.10 Å². The van der Waals surface area contributed by atoms with Gasteiger partial charge < -0.3 is 4.74 Å². The number of likely N-dealkylation sites (tertiary alicyclic amines) is 1. The lowest BCUT2D eigenvalue weighted by Gasteiger charge is -2.24. The number of nitrogens with one attached hydrogen (secondary N) is 1. The van der Waals surface area contributed by atoms with Crippen molar-refractivity contribution in [2.24, 2.45) is 0 Å². The van der Waals surface area contributed by atoms with Gasteiger partial charge in [0.05, 0.1) is 13.3 Å². The lowest BCUT2D eigenvalue weighted by atomic mass is 10.0. The molecule has 2 aromatic rings. The molecule has 116 valence electrons. The number of ether oxygens (including phenoxy) is 1. The Hall–Kier alpha value is -2.21. The van der Waals surface area contributed by atoms with Crippen LogP contribution in [0.15, 0.2) is 30.5 Å². The van der Waals surface area contributed by atoms with Gasteiger partial charge in [-0.1, -0.05) is 12.1 Å². The van der Waals surface area contributed by atoms with E-state index in [0.29, 0.717) is 12.2 Å². The van der Waals surface area contributed by atoms with Gasteiger partial charge in [0.2, 0.25) is 0 Å². The van der Waals surface area contributed by atoms with Gasteiger partial charge in [0, 0.05) is 18.2 Å². The van der Waals surface area contributed by atoms with Crippen molar-refractivity contribution in [3.05, 3.63) is 53.1 Å². The molecule has 0 spiro atoms. The minimum atomic E-state index is -0.412. The van der Waals surface area contributed by atoms with E-state index in [-0.39, 0.29) is 11.9 Å². The van der Waals surface area contributed by atoms with E-state index in [0.717, 1.165) is 30.5 Å². The molecule has 1 saturated heterocycles. The number of rotatable bonds is 4. The number of H-pyrrole nitrogens is 1. The summed E-state index contributed by atoms with van der Waals surface area (Å²) in [5.41, 5.74) is 2.31. The van der Waals surface area contributed by atoms with E-state index in [2.05, 4.69) is 15.1 Å². The monoisotopic (exact) mass is 303 g/mol. The maximum atomic E-state index is 13.1. The Bertz CT molecular complexity index is 654. The van der Waals surface area contributed by atoms with Crippen LogP contribution in [0.5, 0.6) is 0 Å². The SMILES string of the molecule is COC(=O)c1[nH]ncc1CN1CCC[C@@H]1c1ccc(F)cc1. The van der Waals surface area contributed by atoms with E-state index < -0.39 is 5.97 Å². The molecule has 6 heteroatoms. The second-order valence-corrected chi connectivity index (χ2v) is 5.44. The fourth-order valence-corrected chi connectivity index (χ4v) is 3.01. The van der Waals surface area contributed by atoms with Crippen molar-refractivity contribution in [2.45, 2.75) is 25.4 Å². The first kappa shape index (κ1) is 14.7. The number of benzene rings is 1. The van der Waals surface area contributed by atoms with Gasteiger partial charge in [0.15, 0.2) is 0 Å². The van der Waals surface area contributed by atoms with Gasteiger partial charge >= 0.3 is 5.97 Å². The van der Waals surface area contributed by atoms with Gasteiger partial charge in [-0.3, -0.25) is 10.00 Å². The molecular weight excluding hydrogens is 285 g/mol. The van der Waals surface area contributed by atoms with E-state index in [1.54, 1.807) is 6.20 Å². The summed E-state index contributed by atoms with van der Waals surface area (Å²) in [6, 6.07) is 6.87. The first-order valence-corrected chi connectivity index (χ1v) is 7.29. The molecule has 5 nitrogen and oxygen atoms in total. The van der Waals surface area contributed by atoms with Crippen LogP contribution in [0.1, 0.15) is 40.5 Å². The number of esters is 1. The van der Waals surface area contributed by atoms with Gasteiger partial charge in [-0.25, -0.2) is 9.18 Å². The van der Waals surface area contributed by atoms with Crippen LogP contribution in [0.4, 0.5) is 4.39 Å². The number of carbonyl (C=O) groups excluding carboxylic acids is 1. The van der Waals surface area contributed by atoms with Crippen molar-refractivity contribution in [3.8, 4) is 0 Å². The zero-order valence-corrected chi connectivity index (χ0v) is 12.4. The Labute approximate surface area is 128 Å². The van der Waals surface area contributed by atoms with Crippen LogP contribution >= 0.6 is 0 Å². The smallest absolute Gasteiger partial charge is 0.356 e. The predicted octanol–water partition coefficient (Wildman–Crippen LogP) is 2.67. The number of hydrogen-bond acceptors (Lipinski definition) is 4. The van der Waals surface area contributed by atoms with Crippen LogP contribution in [0.25, 0.3) is 0 Å². The fourth-order valence-electron chi connectivity index (χ4n) is 3.01. The summed E-state index contributed by atoms with van der Waals surface area (Å²) in [6.45, 7) is 1.55. The standard InChI is InChI=1S/C16H18FN3O2/c1-22-16(21)15-12(9-18-19-15)10-20-8-2-3-14(20)11-4-6-13(17)7-5-11/h4-7,9,14H,2-3,8,10H2,1H3,(H,18,19)/t14-/m1/s1. The maximum Gasteiger partial charge on any atom is 0.356 e. The summed E-state index contributed by atoms with van der Waals surface area (Å²) in [4.78, 5) is 14.0. The third-order valence-corrected chi connectivity index (χ3v) is 4.10. The zero-order chi connectivity index (χ0) is 15.5. The molecule has 1 aliphatic rings. The molecule has 1 atom stereocenters. The lowest BCUT2D eigenvalue weighted by molar-refractivity contribution is 0.0591. The van der Waals surface area contributed by atoms with E-state index in [4.69, 9.17) is 4.74 Å². The number of carbonyl (C=O) groups is 1. The first-order valence-electron chi connectivity index (χ1n) is 7.29. The molecule has 2 heterocycles. The maximum absolute atomic E-state index is 13.1. The molecule has 0 radical (unpaired) electrons. The van der Waals surface area contributed by atoms with Crippen LogP contribution in [-0.2, 0) is 11.3 Å². The summed E-state index contributed by atoms with van der Waals surface area (Å²) >= 11 is 0. The van der Waals surface area contributed by atoms with Crippen LogP contribution in [0.3, 0.4) is 0 Å². The lowest BCUT2D eigenvalue weighted by Crippen LogP contribution is -2.23. The molecule has 0 saturated carbocycles. The first-order chi connectivity index (χ1) is 10.7. The highest BCUT2D eigenvalue weighted by Gasteiger charge is 2.27. The van der Waals surface area contributed by atoms with Crippen molar-refractivity contribution >= 4 is 5.97 Å². The molecule has 1 fully saturated rings. The van der Waals surface area contributed by atoms with Gasteiger partial charge in [-0.05, 0) is 37.1 Å². The third-order valence-electron chi connectivity index (χ3n) is 4.10. The number of aromatic nitrogens is 2. The normalized spacial score (nSPS) is 18.5. The summed E-state index contributed by atoms with van der Waals surface area (Å²) in [6.07, 6.45) is 3.76. The summed E-state index contributed by atoms with van der Waals surface area (Å²) in [5, 5.41) is 6.63. The van der Waals surface area contributed by atoms with Crippen molar-refractivity contribution in [3.63, 3.8) is 0 Å². The Morgan fingerprint density at radius 2 is 2.23 bits per heavy atom. The summed E-state index contributed by atoms with van der Waals surface area (Å²) < 4.78 is 17.8. The number of methoxy groups -OCH3 is 1. The number of hydrogen-bond donors (Lipinski definition) is 1. The molecule has 1 aromatic heterocycles. The Kier molecular flexibility index (Phi) is 4.20. The molecular formula is C16H18FN3O2. The highest BCUT2D eigenvalue weighted by atomic mass is 19.1. The molecule has 1 N–H and O–H groups in total. The third kappa shape index (κ3) is 2.87. The van der Waals surface area contributed by atoms with Crippen LogP contribution in [-0.4, -0.2) is 34.7 Å². The minimum absolute atomic E-state index is 0.226. The van der Waals surface area contributed by atoms with E-state index in [1.165, 1.54) is 19.2 Å². The van der Waals surface area contributed by atoms with Crippen molar-refractivity contribution in [2.75, 3.05) is 13.7 Å². The van der Waals surface area contributed by atoms with E-state index >= 15 is 0 Å². The van der Waals surface area contributed by atoms with Crippen LogP contribution in [0.2, 0.25) is 0 Å². The van der Waals surface area contributed by atoms with E-state index in [1.807, 2.05) is 12.1 Å². The van der Waals surface area contributed by atoms with Gasteiger partial charge in [0.1, 0.15) is 11.5 Å². The molecule has 0 bridgehead atoms. The van der Waals surface area contributed by atoms with Crippen molar-refractivity contribution < 1.29 is 13.9 Å². The largest absolute Gasteiger partial charge is 0.464 e. The fraction of sp³-hybridized carbons (Fsp3) is 0.375. The highest BCUT2D eigenvalue weighted by molar-refractivity contribution is 5.88. The van der Waals surface area contributed by atoms with Crippen LogP contribution in [0, 0.1) is 5.82 Å². The quantitative estimate of drug-likeness (QED) is 0.882. The number of halogens is 1. The molecule has 3 rings (SSSR count). The molecule has 1 aliphatic heterocycles. The van der Waals surface area contributed by atoms with Crippen molar-refractivity contribution in [1.82, 2.24) is 15.1 Å². The second-order valence-electron chi connectivity index (χ2n) is 5.44. The Morgan fingerprint density at radius 3 is 2.95 bits per heavy atom. The minimum Gasteiger partial charge on any atom is -0.464 e. The molecule has 0 unspecified atom stereocenters. The van der Waals surface area contributed by atoms with Crippen molar-refractivity contribution in [1.29, 1.82) is 0 Å². The summed E-state index contributed by atoms with van der Waals surface area (Å²) in [5.74, 6) is -0.638. The average molecular weight is 303 g/mol. The molecule has 0 aliphatic carbocycles. The predicted molar refractivity (Wildman–Crippen MR) is 78.7 cm³/mol. The average Bonchev–Trinajstić information content (AvgIpc) is 3.17. The number of nitrogens with zero attached hydrogens (tertiary/aromatic N) is 2. The number of aromatic amines is 1. The topological polar surface area (TPSA) is 58.2 Å². The molecule has 22 heavy (non-hydrogen) atoms. The highest BCUT2D eigenvalue weighted by Crippen LogP contribution is 2.33. The van der Waals surface area contributed by atoms with Gasteiger partial charge in [0.25, 0.3) is 0 Å². The second kappa shape index (κ2) is 6.27. The van der Waals surface area contributed by atoms with Gasteiger partial charge in [-0.15, -0.1) is 0 Å². The Morgan fingerprint density at radius 1 is 1.45 bits per heavy atom. The summed E-state index contributed by atoms with van der Waals surface area (Å²) in [7, 11) is 1.35. The Balaban J connectivity index is 1.78. The molecule has 0 amide bonds.